The van der Waals surface area contributed by atoms with Crippen molar-refractivity contribution in [1.29, 1.82) is 0 Å². The largest absolute Gasteiger partial charge is 0.378 e. The van der Waals surface area contributed by atoms with Gasteiger partial charge in [-0.05, 0) is 66.1 Å². The Hall–Kier alpha value is -3.70. The van der Waals surface area contributed by atoms with E-state index < -0.39 is 0 Å². The summed E-state index contributed by atoms with van der Waals surface area (Å²) in [5, 5.41) is 3.75. The number of aromatic nitrogens is 1. The van der Waals surface area contributed by atoms with Crippen LogP contribution in [0.15, 0.2) is 85.1 Å². The quantitative estimate of drug-likeness (QED) is 0.364. The average Bonchev–Trinajstić information content (AvgIpc) is 3.26. The molecule has 2 amide bonds. The second kappa shape index (κ2) is 8.92. The van der Waals surface area contributed by atoms with Crippen molar-refractivity contribution in [1.82, 2.24) is 9.47 Å². The number of carbonyl (C=O) groups excluding carboxylic acids is 1. The Morgan fingerprint density at radius 2 is 1.74 bits per heavy atom. The molecular weight excluding hydrogens is 444 g/mol. The van der Waals surface area contributed by atoms with Gasteiger partial charge in [0.05, 0.1) is 18.3 Å². The molecule has 1 aliphatic heterocycles. The summed E-state index contributed by atoms with van der Waals surface area (Å²) in [5.74, 6) is 0. The van der Waals surface area contributed by atoms with E-state index in [1.54, 1.807) is 0 Å². The summed E-state index contributed by atoms with van der Waals surface area (Å²) in [4.78, 5) is 17.8. The molecule has 6 heteroatoms. The molecular formula is C28H27ClN4O. The highest BCUT2D eigenvalue weighted by Crippen LogP contribution is 2.37. The SMILES string of the molecule is Cc1c(Cl)cccc1NC(=O)N1Cc2ccccc2-n2cccc2[C@@H]1c1ccc(N(C)C)cc1. The van der Waals surface area contributed by atoms with Gasteiger partial charge in [0, 0.05) is 42.4 Å². The lowest BCUT2D eigenvalue weighted by Gasteiger charge is -2.31. The molecule has 0 fully saturated rings. The van der Waals surface area contributed by atoms with Crippen molar-refractivity contribution in [2.45, 2.75) is 19.5 Å². The fraction of sp³-hybridized carbons (Fsp3) is 0.179. The second-order valence-corrected chi connectivity index (χ2v) is 9.20. The van der Waals surface area contributed by atoms with Crippen molar-refractivity contribution in [3.05, 3.63) is 112 Å². The van der Waals surface area contributed by atoms with Crippen LogP contribution in [0.4, 0.5) is 16.2 Å². The first-order chi connectivity index (χ1) is 16.4. The summed E-state index contributed by atoms with van der Waals surface area (Å²) < 4.78 is 2.19. The van der Waals surface area contributed by atoms with Gasteiger partial charge in [0.1, 0.15) is 0 Å². The fourth-order valence-corrected chi connectivity index (χ4v) is 4.75. The van der Waals surface area contributed by atoms with Gasteiger partial charge in [-0.15, -0.1) is 0 Å². The molecule has 3 aromatic carbocycles. The Labute approximate surface area is 205 Å². The van der Waals surface area contributed by atoms with Crippen molar-refractivity contribution >= 4 is 29.0 Å². The minimum Gasteiger partial charge on any atom is -0.378 e. The topological polar surface area (TPSA) is 40.5 Å². The van der Waals surface area contributed by atoms with Crippen molar-refractivity contribution in [2.75, 3.05) is 24.3 Å². The highest BCUT2D eigenvalue weighted by Gasteiger charge is 2.33. The number of para-hydroxylation sites is 1. The maximum absolute atomic E-state index is 13.8. The van der Waals surface area contributed by atoms with Gasteiger partial charge in [-0.25, -0.2) is 4.79 Å². The van der Waals surface area contributed by atoms with Gasteiger partial charge in [-0.2, -0.15) is 0 Å². The summed E-state index contributed by atoms with van der Waals surface area (Å²) in [7, 11) is 4.05. The van der Waals surface area contributed by atoms with Crippen molar-refractivity contribution in [3.8, 4) is 5.69 Å². The number of rotatable bonds is 3. The third kappa shape index (κ3) is 3.93. The number of anilines is 2. The minimum atomic E-state index is -0.266. The number of urea groups is 1. The first-order valence-electron chi connectivity index (χ1n) is 11.3. The lowest BCUT2D eigenvalue weighted by molar-refractivity contribution is 0.194. The summed E-state index contributed by atoms with van der Waals surface area (Å²) in [5.41, 5.74) is 6.95. The van der Waals surface area contributed by atoms with Crippen LogP contribution in [0.3, 0.4) is 0 Å². The molecule has 0 aliphatic carbocycles. The molecule has 5 rings (SSSR count). The number of benzene rings is 3. The van der Waals surface area contributed by atoms with Gasteiger partial charge >= 0.3 is 6.03 Å². The zero-order chi connectivity index (χ0) is 23.8. The number of hydrogen-bond acceptors (Lipinski definition) is 2. The molecule has 1 N–H and O–H groups in total. The Kier molecular flexibility index (Phi) is 5.80. The summed E-state index contributed by atoms with van der Waals surface area (Å²) in [6, 6.07) is 25.9. The molecule has 0 bridgehead atoms. The van der Waals surface area contributed by atoms with E-state index >= 15 is 0 Å². The van der Waals surface area contributed by atoms with Crippen LogP contribution in [0.2, 0.25) is 5.02 Å². The third-order valence-corrected chi connectivity index (χ3v) is 6.87. The molecule has 172 valence electrons. The smallest absolute Gasteiger partial charge is 0.322 e. The van der Waals surface area contributed by atoms with E-state index in [1.165, 1.54) is 0 Å². The highest BCUT2D eigenvalue weighted by atomic mass is 35.5. The number of carbonyl (C=O) groups is 1. The van der Waals surface area contributed by atoms with E-state index in [2.05, 4.69) is 63.4 Å². The zero-order valence-electron chi connectivity index (χ0n) is 19.5. The van der Waals surface area contributed by atoms with Crippen molar-refractivity contribution in [3.63, 3.8) is 0 Å². The van der Waals surface area contributed by atoms with Gasteiger partial charge in [0.25, 0.3) is 0 Å². The number of fused-ring (bicyclic) bond motifs is 3. The minimum absolute atomic E-state index is 0.170. The Bertz CT molecular complexity index is 1340. The predicted molar refractivity (Wildman–Crippen MR) is 139 cm³/mol. The first kappa shape index (κ1) is 22.1. The van der Waals surface area contributed by atoms with Gasteiger partial charge in [-0.1, -0.05) is 48.0 Å². The Morgan fingerprint density at radius 3 is 2.50 bits per heavy atom. The van der Waals surface area contributed by atoms with Gasteiger partial charge in [0.2, 0.25) is 0 Å². The van der Waals surface area contributed by atoms with Gasteiger partial charge in [-0.3, -0.25) is 0 Å². The predicted octanol–water partition coefficient (Wildman–Crippen LogP) is 6.64. The second-order valence-electron chi connectivity index (χ2n) is 8.79. The van der Waals surface area contributed by atoms with E-state index in [1.807, 2.05) is 62.3 Å². The molecule has 0 spiro atoms. The number of amides is 2. The van der Waals surface area contributed by atoms with Crippen LogP contribution in [0.25, 0.3) is 5.69 Å². The maximum Gasteiger partial charge on any atom is 0.322 e. The molecule has 34 heavy (non-hydrogen) atoms. The van der Waals surface area contributed by atoms with Gasteiger partial charge < -0.3 is 19.7 Å². The van der Waals surface area contributed by atoms with E-state index in [-0.39, 0.29) is 12.1 Å². The lowest BCUT2D eigenvalue weighted by Crippen LogP contribution is -2.38. The molecule has 1 aliphatic rings. The maximum atomic E-state index is 13.8. The van der Waals surface area contributed by atoms with E-state index in [0.29, 0.717) is 17.3 Å². The van der Waals surface area contributed by atoms with Crippen LogP contribution >= 0.6 is 11.6 Å². The van der Waals surface area contributed by atoms with Crippen LogP contribution in [-0.4, -0.2) is 29.6 Å². The molecule has 0 unspecified atom stereocenters. The molecule has 1 aromatic heterocycles. The third-order valence-electron chi connectivity index (χ3n) is 6.46. The summed E-state index contributed by atoms with van der Waals surface area (Å²) in [6.45, 7) is 2.39. The summed E-state index contributed by atoms with van der Waals surface area (Å²) >= 11 is 6.32. The number of halogens is 1. The Balaban J connectivity index is 1.62. The van der Waals surface area contributed by atoms with Crippen LogP contribution < -0.4 is 10.2 Å². The first-order valence-corrected chi connectivity index (χ1v) is 11.7. The van der Waals surface area contributed by atoms with E-state index in [9.17, 15) is 4.79 Å². The number of nitrogens with one attached hydrogen (secondary N) is 1. The molecule has 5 nitrogen and oxygen atoms in total. The summed E-state index contributed by atoms with van der Waals surface area (Å²) in [6.07, 6.45) is 2.07. The van der Waals surface area contributed by atoms with Crippen LogP contribution in [0, 0.1) is 6.92 Å². The fourth-order valence-electron chi connectivity index (χ4n) is 4.57. The molecule has 0 radical (unpaired) electrons. The molecule has 0 saturated carbocycles. The highest BCUT2D eigenvalue weighted by molar-refractivity contribution is 6.31. The molecule has 4 aromatic rings. The standard InChI is InChI=1S/C28H27ClN4O/c1-19-23(29)9-6-10-24(19)30-28(34)33-18-21-8-4-5-11-25(21)32-17-7-12-26(32)27(33)20-13-15-22(16-14-20)31(2)3/h4-17,27H,18H2,1-3H3,(H,30,34)/t27-/m0/s1. The van der Waals surface area contributed by atoms with Crippen LogP contribution in [0.5, 0.6) is 0 Å². The Morgan fingerprint density at radius 1 is 0.971 bits per heavy atom. The van der Waals surface area contributed by atoms with Gasteiger partial charge in [0.15, 0.2) is 0 Å². The van der Waals surface area contributed by atoms with Crippen LogP contribution in [0.1, 0.15) is 28.4 Å². The zero-order valence-corrected chi connectivity index (χ0v) is 20.3. The molecule has 2 heterocycles. The van der Waals surface area contributed by atoms with E-state index in [4.69, 9.17) is 11.6 Å². The van der Waals surface area contributed by atoms with Crippen molar-refractivity contribution in [2.24, 2.45) is 0 Å². The molecule has 0 saturated heterocycles. The number of nitrogens with zero attached hydrogens (tertiary/aromatic N) is 3. The molecule has 1 atom stereocenters. The average molecular weight is 471 g/mol. The van der Waals surface area contributed by atoms with Crippen LogP contribution in [-0.2, 0) is 6.54 Å². The van der Waals surface area contributed by atoms with Crippen molar-refractivity contribution < 1.29 is 4.79 Å². The monoisotopic (exact) mass is 470 g/mol. The number of hydrogen-bond donors (Lipinski definition) is 1. The normalized spacial score (nSPS) is 14.7. The lowest BCUT2D eigenvalue weighted by atomic mass is 10.0. The van der Waals surface area contributed by atoms with E-state index in [0.717, 1.165) is 33.8 Å².